The van der Waals surface area contributed by atoms with Gasteiger partial charge in [-0.1, -0.05) is 6.08 Å². The van der Waals surface area contributed by atoms with Gasteiger partial charge < -0.3 is 19.7 Å². The largest absolute Gasteiger partial charge is 0.460 e. The lowest BCUT2D eigenvalue weighted by Crippen LogP contribution is -2.61. The standard InChI is InChI=1S/C16H23NO6/c1-9-13(18)23-11-5-7-17-6-4-10(12(11)17)8-22-14(19)16(3,21)15(9,2)20/h4,9,11-12,20-21H,5-8H2,1-3H3/t9?,11-,12-,15-,16-/m0/s1. The van der Waals surface area contributed by atoms with Crippen LogP contribution < -0.4 is 0 Å². The Labute approximate surface area is 134 Å². The van der Waals surface area contributed by atoms with E-state index >= 15 is 0 Å². The highest BCUT2D eigenvalue weighted by Gasteiger charge is 2.56. The van der Waals surface area contributed by atoms with E-state index in [4.69, 9.17) is 9.47 Å². The zero-order chi connectivity index (χ0) is 17.0. The van der Waals surface area contributed by atoms with Gasteiger partial charge in [-0.05, 0) is 32.8 Å². The summed E-state index contributed by atoms with van der Waals surface area (Å²) in [4.78, 5) is 26.9. The third-order valence-corrected chi connectivity index (χ3v) is 5.63. The van der Waals surface area contributed by atoms with Gasteiger partial charge in [-0.25, -0.2) is 4.79 Å². The Kier molecular flexibility index (Phi) is 3.78. The summed E-state index contributed by atoms with van der Waals surface area (Å²) in [6.07, 6.45) is 2.34. The van der Waals surface area contributed by atoms with Gasteiger partial charge in [0.05, 0.1) is 12.0 Å². The lowest BCUT2D eigenvalue weighted by Gasteiger charge is -2.39. The number of hydrogen-bond donors (Lipinski definition) is 2. The highest BCUT2D eigenvalue weighted by Crippen LogP contribution is 2.36. The van der Waals surface area contributed by atoms with Gasteiger partial charge >= 0.3 is 11.9 Å². The third-order valence-electron chi connectivity index (χ3n) is 5.63. The van der Waals surface area contributed by atoms with Crippen molar-refractivity contribution < 1.29 is 29.3 Å². The molecule has 3 heterocycles. The quantitative estimate of drug-likeness (QED) is 0.462. The predicted octanol–water partition coefficient (Wildman–Crippen LogP) is -0.393. The molecule has 3 rings (SSSR count). The fraction of sp³-hybridized carbons (Fsp3) is 0.750. The molecule has 0 aromatic carbocycles. The van der Waals surface area contributed by atoms with Gasteiger partial charge in [-0.15, -0.1) is 0 Å². The van der Waals surface area contributed by atoms with E-state index in [1.807, 2.05) is 6.08 Å². The first-order valence-electron chi connectivity index (χ1n) is 7.91. The molecule has 2 fully saturated rings. The Bertz CT molecular complexity index is 567. The molecule has 3 aliphatic rings. The highest BCUT2D eigenvalue weighted by molar-refractivity contribution is 5.83. The Hall–Kier alpha value is -1.44. The van der Waals surface area contributed by atoms with Crippen molar-refractivity contribution in [1.29, 1.82) is 0 Å². The number of nitrogens with zero attached hydrogens (tertiary/aromatic N) is 1. The molecular formula is C16H23NO6. The van der Waals surface area contributed by atoms with E-state index in [0.29, 0.717) is 6.42 Å². The molecule has 5 atom stereocenters. The van der Waals surface area contributed by atoms with Gasteiger partial charge in [0.15, 0.2) is 5.60 Å². The molecule has 7 heteroatoms. The monoisotopic (exact) mass is 325 g/mol. The molecule has 0 radical (unpaired) electrons. The summed E-state index contributed by atoms with van der Waals surface area (Å²) in [5, 5.41) is 21.1. The molecule has 0 spiro atoms. The van der Waals surface area contributed by atoms with Crippen LogP contribution in [0.1, 0.15) is 27.2 Å². The maximum Gasteiger partial charge on any atom is 0.341 e. The molecule has 23 heavy (non-hydrogen) atoms. The van der Waals surface area contributed by atoms with Crippen molar-refractivity contribution in [2.24, 2.45) is 5.92 Å². The number of ether oxygens (including phenoxy) is 2. The summed E-state index contributed by atoms with van der Waals surface area (Å²) < 4.78 is 10.8. The lowest BCUT2D eigenvalue weighted by atomic mass is 9.76. The molecule has 0 aliphatic carbocycles. The first-order chi connectivity index (χ1) is 10.7. The molecule has 7 nitrogen and oxygen atoms in total. The van der Waals surface area contributed by atoms with Crippen LogP contribution in [0.2, 0.25) is 0 Å². The molecule has 2 N–H and O–H groups in total. The third kappa shape index (κ3) is 2.38. The summed E-state index contributed by atoms with van der Waals surface area (Å²) in [6, 6.07) is -0.0908. The number of aliphatic hydroxyl groups is 2. The second kappa shape index (κ2) is 5.29. The van der Waals surface area contributed by atoms with Crippen molar-refractivity contribution in [2.45, 2.75) is 50.5 Å². The first-order valence-corrected chi connectivity index (χ1v) is 7.91. The van der Waals surface area contributed by atoms with Crippen LogP contribution in [0, 0.1) is 5.92 Å². The number of esters is 2. The normalized spacial score (nSPS) is 44.9. The fourth-order valence-corrected chi connectivity index (χ4v) is 3.52. The van der Waals surface area contributed by atoms with Gasteiger partial charge in [-0.2, -0.15) is 0 Å². The maximum absolute atomic E-state index is 12.4. The Morgan fingerprint density at radius 2 is 2.00 bits per heavy atom. The average Bonchev–Trinajstić information content (AvgIpc) is 3.06. The molecule has 3 aliphatic heterocycles. The fourth-order valence-electron chi connectivity index (χ4n) is 3.52. The number of rotatable bonds is 0. The summed E-state index contributed by atoms with van der Waals surface area (Å²) in [7, 11) is 0. The van der Waals surface area contributed by atoms with Crippen molar-refractivity contribution in [1.82, 2.24) is 4.90 Å². The van der Waals surface area contributed by atoms with Crippen molar-refractivity contribution >= 4 is 11.9 Å². The van der Waals surface area contributed by atoms with E-state index in [-0.39, 0.29) is 18.8 Å². The van der Waals surface area contributed by atoms with Crippen LogP contribution in [0.5, 0.6) is 0 Å². The van der Waals surface area contributed by atoms with E-state index in [0.717, 1.165) is 25.6 Å². The van der Waals surface area contributed by atoms with Crippen LogP contribution in [0.15, 0.2) is 11.6 Å². The zero-order valence-electron chi connectivity index (χ0n) is 13.6. The SMILES string of the molecule is CC1C(=O)O[C@H]2CCN3CC=C(COC(=O)[C@](C)(O)[C@@]1(C)O)[C@@H]23. The van der Waals surface area contributed by atoms with Crippen molar-refractivity contribution in [2.75, 3.05) is 19.7 Å². The molecule has 0 aromatic heterocycles. The molecule has 0 amide bonds. The van der Waals surface area contributed by atoms with Crippen LogP contribution in [0.4, 0.5) is 0 Å². The molecule has 0 aromatic rings. The zero-order valence-corrected chi connectivity index (χ0v) is 13.6. The number of carbonyl (C=O) groups excluding carboxylic acids is 2. The predicted molar refractivity (Wildman–Crippen MR) is 79.3 cm³/mol. The number of carbonyl (C=O) groups is 2. The number of hydrogen-bond acceptors (Lipinski definition) is 7. The van der Waals surface area contributed by atoms with Gasteiger partial charge in [-0.3, -0.25) is 9.69 Å². The van der Waals surface area contributed by atoms with Crippen molar-refractivity contribution in [3.8, 4) is 0 Å². The minimum atomic E-state index is -2.22. The van der Waals surface area contributed by atoms with Crippen LogP contribution in [-0.2, 0) is 19.1 Å². The average molecular weight is 325 g/mol. The first kappa shape index (κ1) is 16.4. The molecule has 0 saturated carbocycles. The maximum atomic E-state index is 12.4. The molecule has 1 unspecified atom stereocenters. The minimum Gasteiger partial charge on any atom is -0.460 e. The van der Waals surface area contributed by atoms with Gasteiger partial charge in [0.2, 0.25) is 0 Å². The number of cyclic esters (lactones) is 1. The Morgan fingerprint density at radius 1 is 1.30 bits per heavy atom. The summed E-state index contributed by atoms with van der Waals surface area (Å²) >= 11 is 0. The summed E-state index contributed by atoms with van der Waals surface area (Å²) in [5.41, 5.74) is -3.35. The minimum absolute atomic E-state index is 0.0225. The van der Waals surface area contributed by atoms with Crippen molar-refractivity contribution in [3.63, 3.8) is 0 Å². The van der Waals surface area contributed by atoms with E-state index in [1.165, 1.54) is 13.8 Å². The topological polar surface area (TPSA) is 96.3 Å². The van der Waals surface area contributed by atoms with E-state index in [9.17, 15) is 19.8 Å². The smallest absolute Gasteiger partial charge is 0.341 e. The van der Waals surface area contributed by atoms with Crippen molar-refractivity contribution in [3.05, 3.63) is 11.6 Å². The Morgan fingerprint density at radius 3 is 2.70 bits per heavy atom. The molecular weight excluding hydrogens is 302 g/mol. The Balaban J connectivity index is 1.97. The van der Waals surface area contributed by atoms with Gasteiger partial charge in [0.25, 0.3) is 0 Å². The molecule has 128 valence electrons. The van der Waals surface area contributed by atoms with E-state index in [2.05, 4.69) is 4.90 Å². The second-order valence-electron chi connectivity index (χ2n) is 7.00. The van der Waals surface area contributed by atoms with E-state index < -0.39 is 29.1 Å². The summed E-state index contributed by atoms with van der Waals surface area (Å²) in [5.74, 6) is -2.65. The van der Waals surface area contributed by atoms with Gasteiger partial charge in [0.1, 0.15) is 18.3 Å². The summed E-state index contributed by atoms with van der Waals surface area (Å²) in [6.45, 7) is 5.41. The van der Waals surface area contributed by atoms with Crippen LogP contribution in [0.25, 0.3) is 0 Å². The van der Waals surface area contributed by atoms with Crippen LogP contribution >= 0.6 is 0 Å². The van der Waals surface area contributed by atoms with Crippen LogP contribution in [0.3, 0.4) is 0 Å². The second-order valence-corrected chi connectivity index (χ2v) is 7.00. The molecule has 0 bridgehead atoms. The van der Waals surface area contributed by atoms with E-state index in [1.54, 1.807) is 0 Å². The van der Waals surface area contributed by atoms with Crippen LogP contribution in [-0.4, -0.2) is 70.1 Å². The van der Waals surface area contributed by atoms with Gasteiger partial charge in [0, 0.05) is 13.1 Å². The molecule has 2 saturated heterocycles. The lowest BCUT2D eigenvalue weighted by molar-refractivity contribution is -0.205. The highest BCUT2D eigenvalue weighted by atomic mass is 16.6.